The van der Waals surface area contributed by atoms with E-state index in [9.17, 15) is 14.0 Å². The van der Waals surface area contributed by atoms with Gasteiger partial charge in [-0.3, -0.25) is 9.59 Å². The van der Waals surface area contributed by atoms with Gasteiger partial charge in [0.05, 0.1) is 0 Å². The highest BCUT2D eigenvalue weighted by Gasteiger charge is 2.14. The largest absolute Gasteiger partial charge is 0.480 e. The number of rotatable bonds is 4. The molecule has 1 aromatic rings. The highest BCUT2D eigenvalue weighted by atomic mass is 19.1. The van der Waals surface area contributed by atoms with E-state index in [1.807, 2.05) is 5.32 Å². The fourth-order valence-electron chi connectivity index (χ4n) is 0.980. The molecule has 0 fully saturated rings. The maximum absolute atomic E-state index is 13.2. The van der Waals surface area contributed by atoms with E-state index in [4.69, 9.17) is 5.11 Å². The van der Waals surface area contributed by atoms with E-state index in [2.05, 4.69) is 10.3 Å². The van der Waals surface area contributed by atoms with Gasteiger partial charge in [-0.05, 0) is 12.1 Å². The van der Waals surface area contributed by atoms with Gasteiger partial charge >= 0.3 is 5.97 Å². The SMILES string of the molecule is CNc1ccc(F)c(C(=O)NCC(=O)O)n1. The number of carboxylic acid groups (broad SMARTS) is 1. The summed E-state index contributed by atoms with van der Waals surface area (Å²) in [6.45, 7) is -0.580. The number of carbonyl (C=O) groups excluding carboxylic acids is 1. The standard InChI is InChI=1S/C9H10FN3O3/c1-11-6-3-2-5(10)8(13-6)9(16)12-4-7(14)15/h2-3H,4H2,1H3,(H,11,13)(H,12,16)(H,14,15). The van der Waals surface area contributed by atoms with E-state index in [-0.39, 0.29) is 0 Å². The summed E-state index contributed by atoms with van der Waals surface area (Å²) < 4.78 is 13.2. The average Bonchev–Trinajstić information content (AvgIpc) is 2.26. The van der Waals surface area contributed by atoms with Gasteiger partial charge < -0.3 is 15.7 Å². The molecule has 0 saturated heterocycles. The highest BCUT2D eigenvalue weighted by molar-refractivity contribution is 5.94. The number of aromatic nitrogens is 1. The van der Waals surface area contributed by atoms with E-state index in [0.29, 0.717) is 5.82 Å². The molecule has 1 amide bonds. The van der Waals surface area contributed by atoms with Gasteiger partial charge in [0.15, 0.2) is 11.5 Å². The van der Waals surface area contributed by atoms with Crippen LogP contribution in [0.15, 0.2) is 12.1 Å². The second kappa shape index (κ2) is 5.06. The Kier molecular flexibility index (Phi) is 3.76. The Balaban J connectivity index is 2.85. The van der Waals surface area contributed by atoms with E-state index in [1.165, 1.54) is 6.07 Å². The molecular formula is C9H10FN3O3. The number of aliphatic carboxylic acids is 1. The van der Waals surface area contributed by atoms with E-state index in [1.54, 1.807) is 7.05 Å². The van der Waals surface area contributed by atoms with E-state index in [0.717, 1.165) is 6.07 Å². The first-order valence-corrected chi connectivity index (χ1v) is 4.39. The monoisotopic (exact) mass is 227 g/mol. The molecule has 1 rings (SSSR count). The molecule has 0 radical (unpaired) electrons. The van der Waals surface area contributed by atoms with E-state index >= 15 is 0 Å². The van der Waals surface area contributed by atoms with Gasteiger partial charge in [0, 0.05) is 7.05 Å². The zero-order valence-corrected chi connectivity index (χ0v) is 8.45. The third kappa shape index (κ3) is 2.91. The molecule has 0 atom stereocenters. The molecule has 16 heavy (non-hydrogen) atoms. The van der Waals surface area contributed by atoms with Gasteiger partial charge in [0.25, 0.3) is 5.91 Å². The molecule has 86 valence electrons. The number of carbonyl (C=O) groups is 2. The Labute approximate surface area is 90.5 Å². The van der Waals surface area contributed by atoms with Gasteiger partial charge in [-0.25, -0.2) is 9.37 Å². The molecular weight excluding hydrogens is 217 g/mol. The van der Waals surface area contributed by atoms with Crippen molar-refractivity contribution in [3.63, 3.8) is 0 Å². The predicted molar refractivity (Wildman–Crippen MR) is 53.7 cm³/mol. The molecule has 0 bridgehead atoms. The van der Waals surface area contributed by atoms with Gasteiger partial charge in [0.1, 0.15) is 12.4 Å². The molecule has 1 aromatic heterocycles. The fourth-order valence-corrected chi connectivity index (χ4v) is 0.980. The first-order chi connectivity index (χ1) is 7.54. The molecule has 0 saturated carbocycles. The van der Waals surface area contributed by atoms with Crippen molar-refractivity contribution in [1.82, 2.24) is 10.3 Å². The van der Waals surface area contributed by atoms with Crippen LogP contribution in [0.1, 0.15) is 10.5 Å². The lowest BCUT2D eigenvalue weighted by Crippen LogP contribution is -2.30. The smallest absolute Gasteiger partial charge is 0.322 e. The van der Waals surface area contributed by atoms with Gasteiger partial charge in [-0.2, -0.15) is 0 Å². The molecule has 0 aliphatic heterocycles. The van der Waals surface area contributed by atoms with E-state index < -0.39 is 29.9 Å². The molecule has 6 nitrogen and oxygen atoms in total. The van der Waals surface area contributed by atoms with Crippen LogP contribution in [0.4, 0.5) is 10.2 Å². The van der Waals surface area contributed by atoms with Crippen molar-refractivity contribution >= 4 is 17.7 Å². The number of pyridine rings is 1. The summed E-state index contributed by atoms with van der Waals surface area (Å²) in [6, 6.07) is 2.44. The second-order valence-corrected chi connectivity index (χ2v) is 2.85. The van der Waals surface area contributed by atoms with Crippen molar-refractivity contribution in [3.8, 4) is 0 Å². The van der Waals surface area contributed by atoms with Crippen molar-refractivity contribution in [3.05, 3.63) is 23.6 Å². The van der Waals surface area contributed by atoms with Crippen LogP contribution in [0.3, 0.4) is 0 Å². The highest BCUT2D eigenvalue weighted by Crippen LogP contribution is 2.08. The number of anilines is 1. The molecule has 0 unspecified atom stereocenters. The van der Waals surface area contributed by atoms with Crippen LogP contribution in [-0.4, -0.2) is 35.6 Å². The molecule has 1 heterocycles. The molecule has 0 aliphatic carbocycles. The Morgan fingerprint density at radius 2 is 2.19 bits per heavy atom. The Hall–Kier alpha value is -2.18. The average molecular weight is 227 g/mol. The fraction of sp³-hybridized carbons (Fsp3) is 0.222. The van der Waals surface area contributed by atoms with Crippen molar-refractivity contribution in [2.24, 2.45) is 0 Å². The molecule has 7 heteroatoms. The summed E-state index contributed by atoms with van der Waals surface area (Å²) >= 11 is 0. The minimum atomic E-state index is -1.21. The van der Waals surface area contributed by atoms with Crippen LogP contribution < -0.4 is 10.6 Å². The normalized spacial score (nSPS) is 9.62. The third-order valence-corrected chi connectivity index (χ3v) is 1.72. The summed E-state index contributed by atoms with van der Waals surface area (Å²) in [5, 5.41) is 13.0. The zero-order valence-electron chi connectivity index (χ0n) is 8.45. The van der Waals surface area contributed by atoms with Crippen LogP contribution >= 0.6 is 0 Å². The lowest BCUT2D eigenvalue weighted by atomic mass is 10.3. The van der Waals surface area contributed by atoms with Gasteiger partial charge in [-0.1, -0.05) is 0 Å². The van der Waals surface area contributed by atoms with Crippen molar-refractivity contribution in [1.29, 1.82) is 0 Å². The first-order valence-electron chi connectivity index (χ1n) is 4.39. The first kappa shape index (κ1) is 11.9. The number of hydrogen-bond donors (Lipinski definition) is 3. The van der Waals surface area contributed by atoms with Gasteiger partial charge in [-0.15, -0.1) is 0 Å². The molecule has 3 N–H and O–H groups in total. The third-order valence-electron chi connectivity index (χ3n) is 1.72. The Bertz CT molecular complexity index is 422. The summed E-state index contributed by atoms with van der Waals surface area (Å²) in [5.41, 5.74) is -0.437. The van der Waals surface area contributed by atoms with Crippen LogP contribution in [0.2, 0.25) is 0 Å². The lowest BCUT2D eigenvalue weighted by molar-refractivity contribution is -0.135. The number of carboxylic acids is 1. The van der Waals surface area contributed by atoms with Crippen molar-refractivity contribution in [2.45, 2.75) is 0 Å². The van der Waals surface area contributed by atoms with Gasteiger partial charge in [0.2, 0.25) is 0 Å². The summed E-state index contributed by atoms with van der Waals surface area (Å²) in [5.74, 6) is -2.56. The van der Waals surface area contributed by atoms with Crippen LogP contribution in [0, 0.1) is 5.82 Å². The molecule has 0 spiro atoms. The Morgan fingerprint density at radius 3 is 2.75 bits per heavy atom. The number of amides is 1. The minimum absolute atomic E-state index is 0.321. The summed E-state index contributed by atoms with van der Waals surface area (Å²) in [7, 11) is 1.57. The maximum Gasteiger partial charge on any atom is 0.322 e. The lowest BCUT2D eigenvalue weighted by Gasteiger charge is -2.05. The quantitative estimate of drug-likeness (QED) is 0.677. The van der Waals surface area contributed by atoms with Crippen LogP contribution in [0.25, 0.3) is 0 Å². The second-order valence-electron chi connectivity index (χ2n) is 2.85. The number of nitrogens with zero attached hydrogens (tertiary/aromatic N) is 1. The predicted octanol–water partition coefficient (Wildman–Crippen LogP) is 0.0768. The van der Waals surface area contributed by atoms with Crippen molar-refractivity contribution in [2.75, 3.05) is 18.9 Å². The number of nitrogens with one attached hydrogen (secondary N) is 2. The van der Waals surface area contributed by atoms with Crippen molar-refractivity contribution < 1.29 is 19.1 Å². The zero-order chi connectivity index (χ0) is 12.1. The van der Waals surface area contributed by atoms with Crippen LogP contribution in [0.5, 0.6) is 0 Å². The molecule has 0 aromatic carbocycles. The summed E-state index contributed by atoms with van der Waals surface area (Å²) in [6.07, 6.45) is 0. The van der Waals surface area contributed by atoms with Crippen LogP contribution in [-0.2, 0) is 4.79 Å². The Morgan fingerprint density at radius 1 is 1.50 bits per heavy atom. The summed E-state index contributed by atoms with van der Waals surface area (Å²) in [4.78, 5) is 25.2. The molecule has 0 aliphatic rings. The number of hydrogen-bond acceptors (Lipinski definition) is 4. The maximum atomic E-state index is 13.2. The number of halogens is 1. The minimum Gasteiger partial charge on any atom is -0.480 e. The topological polar surface area (TPSA) is 91.3 Å².